The summed E-state index contributed by atoms with van der Waals surface area (Å²) < 4.78 is 44.6. The zero-order valence-corrected chi connectivity index (χ0v) is 11.1. The van der Waals surface area contributed by atoms with Crippen LogP contribution in [0.3, 0.4) is 0 Å². The van der Waals surface area contributed by atoms with E-state index in [1.807, 2.05) is 0 Å². The summed E-state index contributed by atoms with van der Waals surface area (Å²) >= 11 is 0. The van der Waals surface area contributed by atoms with Gasteiger partial charge in [-0.3, -0.25) is 4.79 Å². The van der Waals surface area contributed by atoms with E-state index in [2.05, 4.69) is 5.32 Å². The lowest BCUT2D eigenvalue weighted by Crippen LogP contribution is -2.30. The lowest BCUT2D eigenvalue weighted by molar-refractivity contribution is -0.122. The van der Waals surface area contributed by atoms with E-state index in [9.17, 15) is 18.0 Å². The Balaban J connectivity index is 2.04. The van der Waals surface area contributed by atoms with Crippen LogP contribution < -0.4 is 10.1 Å². The smallest absolute Gasteiger partial charge is 0.265 e. The lowest BCUT2D eigenvalue weighted by atomic mass is 10.2. The molecular weight excluding hydrogens is 283 g/mol. The van der Waals surface area contributed by atoms with Crippen LogP contribution in [-0.2, 0) is 4.79 Å². The third-order valence-corrected chi connectivity index (χ3v) is 2.66. The SMILES string of the molecule is CC(Oc1cccc(F)c1)C(=O)Nc1cc(F)ccc1F. The molecule has 0 fully saturated rings. The van der Waals surface area contributed by atoms with Crippen LogP contribution in [0.2, 0.25) is 0 Å². The molecule has 3 nitrogen and oxygen atoms in total. The van der Waals surface area contributed by atoms with Crippen molar-refractivity contribution >= 4 is 11.6 Å². The minimum Gasteiger partial charge on any atom is -0.481 e. The Bertz CT molecular complexity index is 661. The lowest BCUT2D eigenvalue weighted by Gasteiger charge is -2.15. The van der Waals surface area contributed by atoms with Gasteiger partial charge in [-0.15, -0.1) is 0 Å². The molecule has 2 rings (SSSR count). The van der Waals surface area contributed by atoms with Crippen LogP contribution in [0.15, 0.2) is 42.5 Å². The highest BCUT2D eigenvalue weighted by Crippen LogP contribution is 2.17. The van der Waals surface area contributed by atoms with Crippen molar-refractivity contribution in [2.24, 2.45) is 0 Å². The zero-order valence-electron chi connectivity index (χ0n) is 11.1. The molecule has 0 aliphatic heterocycles. The molecule has 0 aliphatic carbocycles. The summed E-state index contributed by atoms with van der Waals surface area (Å²) in [5, 5.41) is 2.21. The van der Waals surface area contributed by atoms with Crippen molar-refractivity contribution in [2.75, 3.05) is 5.32 Å². The van der Waals surface area contributed by atoms with Crippen molar-refractivity contribution < 1.29 is 22.7 Å². The number of rotatable bonds is 4. The quantitative estimate of drug-likeness (QED) is 0.937. The number of carbonyl (C=O) groups is 1. The number of amides is 1. The van der Waals surface area contributed by atoms with Gasteiger partial charge in [0.2, 0.25) is 0 Å². The van der Waals surface area contributed by atoms with Crippen LogP contribution in [-0.4, -0.2) is 12.0 Å². The first-order valence-corrected chi connectivity index (χ1v) is 6.14. The van der Waals surface area contributed by atoms with Gasteiger partial charge in [-0.1, -0.05) is 6.07 Å². The minimum absolute atomic E-state index is 0.164. The van der Waals surface area contributed by atoms with Gasteiger partial charge in [-0.2, -0.15) is 0 Å². The largest absolute Gasteiger partial charge is 0.481 e. The van der Waals surface area contributed by atoms with Crippen LogP contribution >= 0.6 is 0 Å². The maximum absolute atomic E-state index is 13.4. The predicted molar refractivity (Wildman–Crippen MR) is 71.5 cm³/mol. The molecule has 21 heavy (non-hydrogen) atoms. The van der Waals surface area contributed by atoms with E-state index in [1.54, 1.807) is 0 Å². The normalized spacial score (nSPS) is 11.8. The minimum atomic E-state index is -1.01. The first-order chi connectivity index (χ1) is 9.95. The Morgan fingerprint density at radius 2 is 1.81 bits per heavy atom. The van der Waals surface area contributed by atoms with E-state index < -0.39 is 29.5 Å². The molecule has 1 unspecified atom stereocenters. The molecule has 1 N–H and O–H groups in total. The molecule has 0 spiro atoms. The molecule has 0 heterocycles. The van der Waals surface area contributed by atoms with Gasteiger partial charge < -0.3 is 10.1 Å². The molecule has 0 aromatic heterocycles. The molecule has 2 aromatic carbocycles. The molecule has 0 radical (unpaired) electrons. The van der Waals surface area contributed by atoms with Crippen molar-refractivity contribution in [3.8, 4) is 5.75 Å². The second-order valence-electron chi connectivity index (χ2n) is 4.33. The molecule has 0 saturated carbocycles. The Morgan fingerprint density at radius 1 is 1.10 bits per heavy atom. The van der Waals surface area contributed by atoms with Crippen molar-refractivity contribution in [2.45, 2.75) is 13.0 Å². The van der Waals surface area contributed by atoms with Crippen LogP contribution in [0.5, 0.6) is 5.75 Å². The zero-order chi connectivity index (χ0) is 15.4. The van der Waals surface area contributed by atoms with Gasteiger partial charge in [-0.25, -0.2) is 13.2 Å². The second kappa shape index (κ2) is 6.30. The number of anilines is 1. The number of hydrogen-bond donors (Lipinski definition) is 1. The number of benzene rings is 2. The van der Waals surface area contributed by atoms with E-state index in [4.69, 9.17) is 4.74 Å². The third kappa shape index (κ3) is 3.98. The summed E-state index contributed by atoms with van der Waals surface area (Å²) in [4.78, 5) is 11.8. The molecule has 6 heteroatoms. The third-order valence-electron chi connectivity index (χ3n) is 2.66. The van der Waals surface area contributed by atoms with Crippen LogP contribution in [0.1, 0.15) is 6.92 Å². The van der Waals surface area contributed by atoms with E-state index in [0.29, 0.717) is 0 Å². The Morgan fingerprint density at radius 3 is 2.52 bits per heavy atom. The maximum atomic E-state index is 13.4. The molecular formula is C15H12F3NO2. The van der Waals surface area contributed by atoms with Gasteiger partial charge in [0, 0.05) is 12.1 Å². The van der Waals surface area contributed by atoms with Crippen molar-refractivity contribution in [3.05, 3.63) is 59.9 Å². The van der Waals surface area contributed by atoms with Gasteiger partial charge in [-0.05, 0) is 31.2 Å². The summed E-state index contributed by atoms with van der Waals surface area (Å²) in [5.41, 5.74) is -0.283. The van der Waals surface area contributed by atoms with Gasteiger partial charge in [0.05, 0.1) is 5.69 Å². The van der Waals surface area contributed by atoms with Crippen molar-refractivity contribution in [1.82, 2.24) is 0 Å². The topological polar surface area (TPSA) is 38.3 Å². The van der Waals surface area contributed by atoms with E-state index in [1.165, 1.54) is 25.1 Å². The van der Waals surface area contributed by atoms with Crippen LogP contribution in [0.25, 0.3) is 0 Å². The summed E-state index contributed by atoms with van der Waals surface area (Å²) in [6, 6.07) is 7.98. The summed E-state index contributed by atoms with van der Waals surface area (Å²) in [7, 11) is 0. The highest BCUT2D eigenvalue weighted by atomic mass is 19.1. The predicted octanol–water partition coefficient (Wildman–Crippen LogP) is 3.51. The summed E-state index contributed by atoms with van der Waals surface area (Å²) in [6.07, 6.45) is -1.01. The first-order valence-electron chi connectivity index (χ1n) is 6.14. The second-order valence-corrected chi connectivity index (χ2v) is 4.33. The summed E-state index contributed by atoms with van der Waals surface area (Å²) in [5.74, 6) is -2.45. The number of ether oxygens (including phenoxy) is 1. The first kappa shape index (κ1) is 14.9. The van der Waals surface area contributed by atoms with E-state index >= 15 is 0 Å². The fourth-order valence-electron chi connectivity index (χ4n) is 1.63. The maximum Gasteiger partial charge on any atom is 0.265 e. The molecule has 1 atom stereocenters. The Kier molecular flexibility index (Phi) is 4.47. The highest BCUT2D eigenvalue weighted by Gasteiger charge is 2.17. The molecule has 0 saturated heterocycles. The summed E-state index contributed by atoms with van der Waals surface area (Å²) in [6.45, 7) is 1.41. The highest BCUT2D eigenvalue weighted by molar-refractivity contribution is 5.94. The van der Waals surface area contributed by atoms with E-state index in [0.717, 1.165) is 24.3 Å². The van der Waals surface area contributed by atoms with Crippen LogP contribution in [0.4, 0.5) is 18.9 Å². The number of hydrogen-bond acceptors (Lipinski definition) is 2. The van der Waals surface area contributed by atoms with Gasteiger partial charge >= 0.3 is 0 Å². The molecule has 1 amide bonds. The standard InChI is InChI=1S/C15H12F3NO2/c1-9(21-12-4-2-3-10(16)7-12)15(20)19-14-8-11(17)5-6-13(14)18/h2-9H,1H3,(H,19,20). The molecule has 110 valence electrons. The average Bonchev–Trinajstić information content (AvgIpc) is 2.43. The van der Waals surface area contributed by atoms with E-state index in [-0.39, 0.29) is 11.4 Å². The van der Waals surface area contributed by atoms with Gasteiger partial charge in [0.15, 0.2) is 6.10 Å². The van der Waals surface area contributed by atoms with Gasteiger partial charge in [0.25, 0.3) is 5.91 Å². The van der Waals surface area contributed by atoms with Gasteiger partial charge in [0.1, 0.15) is 23.2 Å². The van der Waals surface area contributed by atoms with Crippen molar-refractivity contribution in [1.29, 1.82) is 0 Å². The monoisotopic (exact) mass is 295 g/mol. The number of nitrogens with one attached hydrogen (secondary N) is 1. The molecule has 2 aromatic rings. The fourth-order valence-corrected chi connectivity index (χ4v) is 1.63. The fraction of sp³-hybridized carbons (Fsp3) is 0.133. The Labute approximate surface area is 119 Å². The van der Waals surface area contributed by atoms with Crippen molar-refractivity contribution in [3.63, 3.8) is 0 Å². The average molecular weight is 295 g/mol. The Hall–Kier alpha value is -2.50. The number of carbonyl (C=O) groups excluding carboxylic acids is 1. The molecule has 0 aliphatic rings. The van der Waals surface area contributed by atoms with Crippen LogP contribution in [0, 0.1) is 17.5 Å². The number of halogens is 3. The molecule has 0 bridgehead atoms.